The number of esters is 2. The Morgan fingerprint density at radius 1 is 1.10 bits per heavy atom. The van der Waals surface area contributed by atoms with Crippen LogP contribution in [0.5, 0.6) is 0 Å². The monoisotopic (exact) mass is 430 g/mol. The molecule has 0 spiro atoms. The van der Waals surface area contributed by atoms with Gasteiger partial charge in [0.05, 0.1) is 24.3 Å². The molecule has 3 rings (SSSR count). The van der Waals surface area contributed by atoms with Gasteiger partial charge in [-0.05, 0) is 38.1 Å². The van der Waals surface area contributed by atoms with Crippen LogP contribution in [0.1, 0.15) is 40.5 Å². The molecule has 11 heteroatoms. The molecule has 154 valence electrons. The number of furan rings is 1. The number of benzene rings is 1. The fourth-order valence-electron chi connectivity index (χ4n) is 2.68. The maximum absolute atomic E-state index is 13.7. The summed E-state index contributed by atoms with van der Waals surface area (Å²) in [4.78, 5) is 24.7. The van der Waals surface area contributed by atoms with Crippen molar-refractivity contribution < 1.29 is 36.7 Å². The molecule has 0 atom stereocenters. The van der Waals surface area contributed by atoms with E-state index in [-0.39, 0.29) is 18.9 Å². The fourth-order valence-corrected chi connectivity index (χ4v) is 2.80. The number of nitrogens with zero attached hydrogens (tertiary/aromatic N) is 2. The van der Waals surface area contributed by atoms with Crippen molar-refractivity contribution in [1.29, 1.82) is 0 Å². The average Bonchev–Trinajstić information content (AvgIpc) is 3.19. The molecular weight excluding hydrogens is 417 g/mol. The van der Waals surface area contributed by atoms with E-state index in [1.807, 2.05) is 0 Å². The largest absolute Gasteiger partial charge is 0.462 e. The van der Waals surface area contributed by atoms with Gasteiger partial charge in [-0.3, -0.25) is 0 Å². The lowest BCUT2D eigenvalue weighted by Gasteiger charge is -2.06. The Morgan fingerprint density at radius 2 is 1.69 bits per heavy atom. The van der Waals surface area contributed by atoms with Crippen LogP contribution in [0.4, 0.5) is 13.2 Å². The van der Waals surface area contributed by atoms with Crippen molar-refractivity contribution in [3.8, 4) is 5.69 Å². The molecule has 0 aliphatic heterocycles. The highest BCUT2D eigenvalue weighted by molar-refractivity contribution is 6.30. The highest BCUT2D eigenvalue weighted by Crippen LogP contribution is 2.40. The third-order valence-electron chi connectivity index (χ3n) is 3.80. The lowest BCUT2D eigenvalue weighted by atomic mass is 10.1. The van der Waals surface area contributed by atoms with E-state index in [1.54, 1.807) is 0 Å². The number of halogens is 4. The number of aromatic nitrogens is 2. The molecule has 0 aliphatic carbocycles. The third-order valence-corrected chi connectivity index (χ3v) is 4.05. The number of rotatable bonds is 5. The summed E-state index contributed by atoms with van der Waals surface area (Å²) in [6.45, 7) is 2.77. The Bertz CT molecular complexity index is 1070. The molecule has 0 N–H and O–H groups in total. The predicted octanol–water partition coefficient (Wildman–Crippen LogP) is 4.64. The highest BCUT2D eigenvalue weighted by Gasteiger charge is 2.43. The standard InChI is InChI=1S/C18H14ClF3N2O5/c1-3-27-16(25)11-12-14(18(20,21)22)23-24(10-7-5-9(19)6-8-10)15(12)29-13(11)17(26)28-4-2/h5-8H,3-4H2,1-2H3. The van der Waals surface area contributed by atoms with Gasteiger partial charge in [0.25, 0.3) is 0 Å². The molecular formula is C18H14ClF3N2O5. The second-order valence-electron chi connectivity index (χ2n) is 5.66. The van der Waals surface area contributed by atoms with Crippen LogP contribution < -0.4 is 0 Å². The van der Waals surface area contributed by atoms with Crippen molar-refractivity contribution in [2.45, 2.75) is 20.0 Å². The maximum atomic E-state index is 13.7. The fraction of sp³-hybridized carbons (Fsp3) is 0.278. The van der Waals surface area contributed by atoms with Crippen LogP contribution in [-0.4, -0.2) is 34.9 Å². The van der Waals surface area contributed by atoms with Crippen LogP contribution >= 0.6 is 11.6 Å². The Morgan fingerprint density at radius 3 is 2.24 bits per heavy atom. The average molecular weight is 431 g/mol. The summed E-state index contributed by atoms with van der Waals surface area (Å²) >= 11 is 5.82. The van der Waals surface area contributed by atoms with Gasteiger partial charge in [0, 0.05) is 5.02 Å². The van der Waals surface area contributed by atoms with Gasteiger partial charge in [0.1, 0.15) is 5.56 Å². The zero-order valence-electron chi connectivity index (χ0n) is 15.2. The zero-order chi connectivity index (χ0) is 21.3. The van der Waals surface area contributed by atoms with Crippen molar-refractivity contribution in [2.75, 3.05) is 13.2 Å². The normalized spacial score (nSPS) is 11.7. The molecule has 3 aromatic rings. The topological polar surface area (TPSA) is 83.6 Å². The molecule has 0 radical (unpaired) electrons. The summed E-state index contributed by atoms with van der Waals surface area (Å²) in [5.41, 5.74) is -2.36. The lowest BCUT2D eigenvalue weighted by Crippen LogP contribution is -2.14. The summed E-state index contributed by atoms with van der Waals surface area (Å²) in [6, 6.07) is 5.70. The molecule has 0 saturated heterocycles. The molecule has 0 saturated carbocycles. The van der Waals surface area contributed by atoms with E-state index in [2.05, 4.69) is 5.10 Å². The Labute approximate surface area is 166 Å². The van der Waals surface area contributed by atoms with Gasteiger partial charge in [-0.2, -0.15) is 23.0 Å². The van der Waals surface area contributed by atoms with Crippen LogP contribution in [0.25, 0.3) is 16.8 Å². The zero-order valence-corrected chi connectivity index (χ0v) is 15.9. The highest BCUT2D eigenvalue weighted by atomic mass is 35.5. The molecule has 0 amide bonds. The first-order valence-corrected chi connectivity index (χ1v) is 8.79. The van der Waals surface area contributed by atoms with Gasteiger partial charge < -0.3 is 13.9 Å². The SMILES string of the molecule is CCOC(=O)c1oc2c(c(C(F)(F)F)nn2-c2ccc(Cl)cc2)c1C(=O)OCC. The minimum absolute atomic E-state index is 0.0758. The van der Waals surface area contributed by atoms with Crippen molar-refractivity contribution in [1.82, 2.24) is 9.78 Å². The van der Waals surface area contributed by atoms with E-state index in [9.17, 15) is 22.8 Å². The molecule has 7 nitrogen and oxygen atoms in total. The number of carbonyl (C=O) groups excluding carboxylic acids is 2. The van der Waals surface area contributed by atoms with Crippen LogP contribution in [0.2, 0.25) is 5.02 Å². The summed E-state index contributed by atoms with van der Waals surface area (Å²) in [5, 5.41) is 3.23. The van der Waals surface area contributed by atoms with E-state index >= 15 is 0 Å². The predicted molar refractivity (Wildman–Crippen MR) is 95.3 cm³/mol. The molecule has 0 unspecified atom stereocenters. The first kappa shape index (κ1) is 20.7. The quantitative estimate of drug-likeness (QED) is 0.548. The Balaban J connectivity index is 2.38. The first-order valence-electron chi connectivity index (χ1n) is 8.41. The van der Waals surface area contributed by atoms with Crippen LogP contribution in [-0.2, 0) is 15.7 Å². The second-order valence-corrected chi connectivity index (χ2v) is 6.10. The third kappa shape index (κ3) is 3.80. The lowest BCUT2D eigenvalue weighted by molar-refractivity contribution is -0.140. The van der Waals surface area contributed by atoms with Gasteiger partial charge in [0.15, 0.2) is 5.69 Å². The van der Waals surface area contributed by atoms with Gasteiger partial charge in [-0.25, -0.2) is 9.59 Å². The molecule has 0 fully saturated rings. The molecule has 1 aromatic carbocycles. The number of fused-ring (bicyclic) bond motifs is 1. The Kier molecular flexibility index (Phi) is 5.56. The summed E-state index contributed by atoms with van der Waals surface area (Å²) in [5.74, 6) is -2.94. The smallest absolute Gasteiger partial charge is 0.435 e. The minimum atomic E-state index is -4.94. The van der Waals surface area contributed by atoms with Crippen LogP contribution in [0, 0.1) is 0 Å². The number of alkyl halides is 3. The van der Waals surface area contributed by atoms with Gasteiger partial charge >= 0.3 is 18.1 Å². The number of ether oxygens (including phenoxy) is 2. The molecule has 0 bridgehead atoms. The second kappa shape index (κ2) is 7.78. The number of hydrogen-bond donors (Lipinski definition) is 0. The van der Waals surface area contributed by atoms with E-state index < -0.39 is 46.2 Å². The number of hydrogen-bond acceptors (Lipinski definition) is 6. The van der Waals surface area contributed by atoms with E-state index in [4.69, 9.17) is 25.5 Å². The van der Waals surface area contributed by atoms with Crippen LogP contribution in [0.15, 0.2) is 28.7 Å². The summed E-state index contributed by atoms with van der Waals surface area (Å²) < 4.78 is 56.9. The molecule has 0 aliphatic rings. The molecule has 2 aromatic heterocycles. The van der Waals surface area contributed by atoms with Crippen molar-refractivity contribution in [3.05, 3.63) is 46.3 Å². The van der Waals surface area contributed by atoms with E-state index in [0.717, 1.165) is 4.68 Å². The molecule has 29 heavy (non-hydrogen) atoms. The van der Waals surface area contributed by atoms with Gasteiger partial charge in [0.2, 0.25) is 11.5 Å². The van der Waals surface area contributed by atoms with Crippen LogP contribution in [0.3, 0.4) is 0 Å². The van der Waals surface area contributed by atoms with Crippen molar-refractivity contribution in [2.24, 2.45) is 0 Å². The summed E-state index contributed by atoms with van der Waals surface area (Å²) in [6.07, 6.45) is -4.94. The van der Waals surface area contributed by atoms with E-state index in [1.165, 1.54) is 38.1 Å². The Hall–Kier alpha value is -3.01. The van der Waals surface area contributed by atoms with Gasteiger partial charge in [-0.15, -0.1) is 0 Å². The van der Waals surface area contributed by atoms with E-state index in [0.29, 0.717) is 5.02 Å². The van der Waals surface area contributed by atoms with Crippen molar-refractivity contribution >= 4 is 34.6 Å². The molecule has 2 heterocycles. The van der Waals surface area contributed by atoms with Crippen molar-refractivity contribution in [3.63, 3.8) is 0 Å². The minimum Gasteiger partial charge on any atom is -0.462 e. The van der Waals surface area contributed by atoms with Gasteiger partial charge in [-0.1, -0.05) is 11.6 Å². The summed E-state index contributed by atoms with van der Waals surface area (Å²) in [7, 11) is 0. The first-order chi connectivity index (χ1) is 13.7. The number of carbonyl (C=O) groups is 2. The maximum Gasteiger partial charge on any atom is 0.435 e.